The van der Waals surface area contributed by atoms with Gasteiger partial charge in [0, 0.05) is 11.5 Å². The Hall–Kier alpha value is -3.26. The van der Waals surface area contributed by atoms with Crippen LogP contribution >= 0.6 is 0 Å². The summed E-state index contributed by atoms with van der Waals surface area (Å²) in [5.41, 5.74) is 0.251. The number of aryl methyl sites for hydroxylation is 1. The highest BCUT2D eigenvalue weighted by Crippen LogP contribution is 2.24. The molecule has 3 rings (SSSR count). The Labute approximate surface area is 139 Å². The molecule has 0 aliphatic carbocycles. The number of fused-ring (bicyclic) bond motifs is 1. The van der Waals surface area contributed by atoms with Gasteiger partial charge in [-0.3, -0.25) is 4.79 Å². The molecule has 1 aromatic heterocycles. The zero-order valence-electron chi connectivity index (χ0n) is 13.2. The van der Waals surface area contributed by atoms with Gasteiger partial charge in [0.1, 0.15) is 18.1 Å². The average molecular weight is 320 g/mol. The predicted octanol–water partition coefficient (Wildman–Crippen LogP) is 2.95. The van der Waals surface area contributed by atoms with E-state index in [2.05, 4.69) is 22.3 Å². The molecule has 0 aliphatic heterocycles. The predicted molar refractivity (Wildman–Crippen MR) is 90.8 cm³/mol. The third-order valence-corrected chi connectivity index (χ3v) is 3.37. The van der Waals surface area contributed by atoms with Crippen molar-refractivity contribution in [2.24, 2.45) is 0 Å². The minimum Gasteiger partial charge on any atom is -0.480 e. The van der Waals surface area contributed by atoms with E-state index in [4.69, 9.17) is 9.26 Å². The van der Waals surface area contributed by atoms with Crippen LogP contribution < -0.4 is 10.1 Å². The van der Waals surface area contributed by atoms with Gasteiger partial charge in [-0.05, 0) is 18.4 Å². The number of nitrogens with one attached hydrogen (secondary N) is 1. The fraction of sp³-hybridized carbons (Fsp3) is 0.158. The van der Waals surface area contributed by atoms with Crippen molar-refractivity contribution in [2.75, 3.05) is 13.2 Å². The van der Waals surface area contributed by atoms with E-state index in [1.165, 1.54) is 0 Å². The highest BCUT2D eigenvalue weighted by Gasteiger charge is 2.08. The quantitative estimate of drug-likeness (QED) is 0.751. The summed E-state index contributed by atoms with van der Waals surface area (Å²) in [7, 11) is 0. The molecule has 0 saturated carbocycles. The SMILES string of the molecule is Cc1cc(C(=O)NCC#CCOc2cccc3ccccc23)no1. The summed E-state index contributed by atoms with van der Waals surface area (Å²) in [6.45, 7) is 2.21. The summed E-state index contributed by atoms with van der Waals surface area (Å²) in [6.07, 6.45) is 0. The van der Waals surface area contributed by atoms with Crippen LogP contribution in [0.2, 0.25) is 0 Å². The molecule has 5 heteroatoms. The number of hydrogen-bond acceptors (Lipinski definition) is 4. The van der Waals surface area contributed by atoms with Crippen LogP contribution in [-0.2, 0) is 0 Å². The zero-order chi connectivity index (χ0) is 16.8. The number of hydrogen-bond donors (Lipinski definition) is 1. The van der Waals surface area contributed by atoms with E-state index >= 15 is 0 Å². The van der Waals surface area contributed by atoms with Crippen molar-refractivity contribution in [3.8, 4) is 17.6 Å². The van der Waals surface area contributed by atoms with Gasteiger partial charge in [0.05, 0.1) is 6.54 Å². The lowest BCUT2D eigenvalue weighted by atomic mass is 10.1. The van der Waals surface area contributed by atoms with Crippen LogP contribution in [0.15, 0.2) is 53.1 Å². The number of carbonyl (C=O) groups excluding carboxylic acids is 1. The first kappa shape index (κ1) is 15.6. The van der Waals surface area contributed by atoms with Gasteiger partial charge in [0.15, 0.2) is 5.69 Å². The first-order valence-corrected chi connectivity index (χ1v) is 7.52. The molecule has 3 aromatic rings. The van der Waals surface area contributed by atoms with Gasteiger partial charge in [-0.2, -0.15) is 0 Å². The summed E-state index contributed by atoms with van der Waals surface area (Å²) in [6, 6.07) is 15.5. The molecular formula is C19H16N2O3. The van der Waals surface area contributed by atoms with E-state index < -0.39 is 0 Å². The van der Waals surface area contributed by atoms with Gasteiger partial charge in [-0.25, -0.2) is 0 Å². The highest BCUT2D eigenvalue weighted by atomic mass is 16.5. The van der Waals surface area contributed by atoms with E-state index in [1.807, 2.05) is 42.5 Å². The lowest BCUT2D eigenvalue weighted by molar-refractivity contribution is 0.0949. The average Bonchev–Trinajstić information content (AvgIpc) is 3.04. The number of amides is 1. The Balaban J connectivity index is 1.50. The lowest BCUT2D eigenvalue weighted by Crippen LogP contribution is -2.23. The minimum atomic E-state index is -0.309. The Morgan fingerprint density at radius 2 is 2.04 bits per heavy atom. The number of rotatable bonds is 4. The number of carbonyl (C=O) groups is 1. The molecule has 120 valence electrons. The second-order valence-corrected chi connectivity index (χ2v) is 5.12. The first-order valence-electron chi connectivity index (χ1n) is 7.52. The monoisotopic (exact) mass is 320 g/mol. The second-order valence-electron chi connectivity index (χ2n) is 5.12. The van der Waals surface area contributed by atoms with Gasteiger partial charge >= 0.3 is 0 Å². The molecular weight excluding hydrogens is 304 g/mol. The highest BCUT2D eigenvalue weighted by molar-refractivity contribution is 5.92. The van der Waals surface area contributed by atoms with Crippen LogP contribution in [0.3, 0.4) is 0 Å². The van der Waals surface area contributed by atoms with Gasteiger partial charge in [0.25, 0.3) is 5.91 Å². The lowest BCUT2D eigenvalue weighted by Gasteiger charge is -2.06. The molecule has 0 aliphatic rings. The second kappa shape index (κ2) is 7.34. The van der Waals surface area contributed by atoms with Crippen molar-refractivity contribution in [3.63, 3.8) is 0 Å². The Morgan fingerprint density at radius 3 is 2.88 bits per heavy atom. The van der Waals surface area contributed by atoms with E-state index in [0.717, 1.165) is 16.5 Å². The van der Waals surface area contributed by atoms with E-state index in [1.54, 1.807) is 13.0 Å². The van der Waals surface area contributed by atoms with Crippen LogP contribution in [0.1, 0.15) is 16.2 Å². The molecule has 0 unspecified atom stereocenters. The molecule has 24 heavy (non-hydrogen) atoms. The summed E-state index contributed by atoms with van der Waals surface area (Å²) in [5, 5.41) is 8.47. The van der Waals surface area contributed by atoms with Crippen LogP contribution in [0.25, 0.3) is 10.8 Å². The Morgan fingerprint density at radius 1 is 1.21 bits per heavy atom. The zero-order valence-corrected chi connectivity index (χ0v) is 13.2. The van der Waals surface area contributed by atoms with Crippen molar-refractivity contribution in [1.29, 1.82) is 0 Å². The van der Waals surface area contributed by atoms with Crippen molar-refractivity contribution in [3.05, 3.63) is 60.0 Å². The molecule has 0 atom stereocenters. The smallest absolute Gasteiger partial charge is 0.274 e. The number of ether oxygens (including phenoxy) is 1. The fourth-order valence-corrected chi connectivity index (χ4v) is 2.24. The molecule has 1 heterocycles. The largest absolute Gasteiger partial charge is 0.480 e. The Kier molecular flexibility index (Phi) is 4.78. The summed E-state index contributed by atoms with van der Waals surface area (Å²) in [5.74, 6) is 6.80. The third kappa shape index (κ3) is 3.73. The Bertz CT molecular complexity index is 914. The van der Waals surface area contributed by atoms with Crippen LogP contribution in [-0.4, -0.2) is 24.2 Å². The summed E-state index contributed by atoms with van der Waals surface area (Å²) >= 11 is 0. The van der Waals surface area contributed by atoms with Gasteiger partial charge in [-0.1, -0.05) is 53.4 Å². The molecule has 5 nitrogen and oxygen atoms in total. The van der Waals surface area contributed by atoms with E-state index in [9.17, 15) is 4.79 Å². The molecule has 0 bridgehead atoms. The first-order chi connectivity index (χ1) is 11.7. The van der Waals surface area contributed by atoms with Crippen molar-refractivity contribution < 1.29 is 14.1 Å². The number of aromatic nitrogens is 1. The van der Waals surface area contributed by atoms with Crippen molar-refractivity contribution in [2.45, 2.75) is 6.92 Å². The molecule has 2 aromatic carbocycles. The van der Waals surface area contributed by atoms with E-state index in [0.29, 0.717) is 5.76 Å². The normalized spacial score (nSPS) is 10.0. The van der Waals surface area contributed by atoms with Crippen LogP contribution in [0, 0.1) is 18.8 Å². The minimum absolute atomic E-state index is 0.226. The van der Waals surface area contributed by atoms with Crippen LogP contribution in [0.5, 0.6) is 5.75 Å². The third-order valence-electron chi connectivity index (χ3n) is 3.37. The maximum Gasteiger partial charge on any atom is 0.274 e. The van der Waals surface area contributed by atoms with Gasteiger partial charge < -0.3 is 14.6 Å². The number of benzene rings is 2. The summed E-state index contributed by atoms with van der Waals surface area (Å²) in [4.78, 5) is 11.7. The van der Waals surface area contributed by atoms with Gasteiger partial charge in [-0.15, -0.1) is 0 Å². The topological polar surface area (TPSA) is 64.4 Å². The molecule has 0 spiro atoms. The molecule has 0 saturated heterocycles. The van der Waals surface area contributed by atoms with Crippen molar-refractivity contribution >= 4 is 16.7 Å². The molecule has 0 radical (unpaired) electrons. The fourth-order valence-electron chi connectivity index (χ4n) is 2.24. The maximum atomic E-state index is 11.7. The molecule has 0 fully saturated rings. The standard InChI is InChI=1S/C19H16N2O3/c1-14-13-17(21-24-14)19(22)20-11-4-5-12-23-18-10-6-8-15-7-2-3-9-16(15)18/h2-3,6-10,13H,11-12H2,1H3,(H,20,22). The molecule has 1 amide bonds. The van der Waals surface area contributed by atoms with E-state index in [-0.39, 0.29) is 24.8 Å². The number of nitrogens with zero attached hydrogens (tertiary/aromatic N) is 1. The van der Waals surface area contributed by atoms with Gasteiger partial charge in [0.2, 0.25) is 0 Å². The maximum absolute atomic E-state index is 11.7. The summed E-state index contributed by atoms with van der Waals surface area (Å²) < 4.78 is 10.5. The molecule has 1 N–H and O–H groups in total. The van der Waals surface area contributed by atoms with Crippen molar-refractivity contribution in [1.82, 2.24) is 10.5 Å². The van der Waals surface area contributed by atoms with Crippen LogP contribution in [0.4, 0.5) is 0 Å².